The monoisotopic (exact) mass is 213 g/mol. The summed E-state index contributed by atoms with van der Waals surface area (Å²) >= 11 is 5.91. The molecule has 0 aliphatic carbocycles. The molecule has 4 heteroatoms. The van der Waals surface area contributed by atoms with Gasteiger partial charge in [0.25, 0.3) is 0 Å². The molecule has 14 heavy (non-hydrogen) atoms. The van der Waals surface area contributed by atoms with Crippen LogP contribution in [0.4, 0.5) is 5.69 Å². The molecule has 0 aliphatic rings. The average molecular weight is 214 g/mol. The van der Waals surface area contributed by atoms with Gasteiger partial charge in [-0.2, -0.15) is 0 Å². The van der Waals surface area contributed by atoms with Gasteiger partial charge in [0, 0.05) is 10.7 Å². The van der Waals surface area contributed by atoms with E-state index >= 15 is 0 Å². The van der Waals surface area contributed by atoms with Crippen molar-refractivity contribution in [1.82, 2.24) is 0 Å². The Balaban J connectivity index is 2.98. The zero-order chi connectivity index (χ0) is 10.7. The first-order valence-corrected chi connectivity index (χ1v) is 4.53. The quantitative estimate of drug-likeness (QED) is 0.604. The predicted molar refractivity (Wildman–Crippen MR) is 56.3 cm³/mol. The van der Waals surface area contributed by atoms with Gasteiger partial charge in [-0.1, -0.05) is 17.7 Å². The zero-order valence-corrected chi connectivity index (χ0v) is 8.89. The van der Waals surface area contributed by atoms with Crippen LogP contribution in [0, 0.1) is 6.92 Å². The van der Waals surface area contributed by atoms with Gasteiger partial charge in [0.1, 0.15) is 0 Å². The zero-order valence-electron chi connectivity index (χ0n) is 8.13. The highest BCUT2D eigenvalue weighted by molar-refractivity contribution is 6.31. The Morgan fingerprint density at radius 2 is 2.21 bits per heavy atom. The number of carbonyl (C=O) groups excluding carboxylic acids is 1. The molecule has 0 radical (unpaired) electrons. The van der Waals surface area contributed by atoms with Gasteiger partial charge in [-0.05, 0) is 24.1 Å². The van der Waals surface area contributed by atoms with Gasteiger partial charge in [0.05, 0.1) is 13.5 Å². The van der Waals surface area contributed by atoms with E-state index in [1.807, 2.05) is 6.92 Å². The maximum atomic E-state index is 11.0. The Labute approximate surface area is 87.8 Å². The average Bonchev–Trinajstić information content (AvgIpc) is 2.14. The van der Waals surface area contributed by atoms with E-state index in [9.17, 15) is 4.79 Å². The van der Waals surface area contributed by atoms with Crippen LogP contribution < -0.4 is 5.73 Å². The van der Waals surface area contributed by atoms with Crippen molar-refractivity contribution >= 4 is 23.3 Å². The first-order chi connectivity index (χ1) is 6.54. The van der Waals surface area contributed by atoms with Crippen LogP contribution in [0.3, 0.4) is 0 Å². The number of benzene rings is 1. The Kier molecular flexibility index (Phi) is 3.36. The van der Waals surface area contributed by atoms with Gasteiger partial charge < -0.3 is 10.5 Å². The largest absolute Gasteiger partial charge is 0.469 e. The fourth-order valence-corrected chi connectivity index (χ4v) is 1.36. The van der Waals surface area contributed by atoms with Crippen LogP contribution >= 0.6 is 11.6 Å². The van der Waals surface area contributed by atoms with E-state index in [1.54, 1.807) is 12.1 Å². The molecule has 0 fully saturated rings. The smallest absolute Gasteiger partial charge is 0.310 e. The highest BCUT2D eigenvalue weighted by atomic mass is 35.5. The van der Waals surface area contributed by atoms with Crippen LogP contribution in [0.1, 0.15) is 11.1 Å². The first kappa shape index (κ1) is 10.9. The van der Waals surface area contributed by atoms with Crippen LogP contribution in [0.25, 0.3) is 0 Å². The number of hydrogen-bond donors (Lipinski definition) is 1. The maximum absolute atomic E-state index is 11.0. The number of esters is 1. The van der Waals surface area contributed by atoms with Crippen molar-refractivity contribution in [2.45, 2.75) is 13.3 Å². The molecule has 0 atom stereocenters. The van der Waals surface area contributed by atoms with Crippen molar-refractivity contribution in [3.8, 4) is 0 Å². The lowest BCUT2D eigenvalue weighted by Crippen LogP contribution is -2.05. The molecule has 0 saturated heterocycles. The van der Waals surface area contributed by atoms with Crippen molar-refractivity contribution in [3.05, 3.63) is 28.3 Å². The third kappa shape index (κ3) is 2.39. The van der Waals surface area contributed by atoms with Crippen molar-refractivity contribution in [1.29, 1.82) is 0 Å². The Morgan fingerprint density at radius 3 is 2.79 bits per heavy atom. The summed E-state index contributed by atoms with van der Waals surface area (Å²) in [7, 11) is 1.35. The molecule has 1 aromatic carbocycles. The molecule has 0 bridgehead atoms. The predicted octanol–water partition coefficient (Wildman–Crippen LogP) is 1.95. The molecular formula is C10H12ClNO2. The lowest BCUT2D eigenvalue weighted by molar-refractivity contribution is -0.139. The highest BCUT2D eigenvalue weighted by Gasteiger charge is 2.08. The number of rotatable bonds is 2. The van der Waals surface area contributed by atoms with Crippen molar-refractivity contribution in [2.75, 3.05) is 12.8 Å². The highest BCUT2D eigenvalue weighted by Crippen LogP contribution is 2.23. The second-order valence-corrected chi connectivity index (χ2v) is 3.46. The summed E-state index contributed by atoms with van der Waals surface area (Å²) in [4.78, 5) is 11.0. The normalized spacial score (nSPS) is 9.93. The van der Waals surface area contributed by atoms with Gasteiger partial charge in [0.2, 0.25) is 0 Å². The fraction of sp³-hybridized carbons (Fsp3) is 0.300. The minimum absolute atomic E-state index is 0.177. The van der Waals surface area contributed by atoms with Crippen LogP contribution in [0.15, 0.2) is 12.1 Å². The van der Waals surface area contributed by atoms with Crippen LogP contribution in [0.2, 0.25) is 5.02 Å². The molecule has 3 nitrogen and oxygen atoms in total. The molecule has 0 amide bonds. The number of ether oxygens (including phenoxy) is 1. The van der Waals surface area contributed by atoms with Gasteiger partial charge in [-0.3, -0.25) is 4.79 Å². The number of methoxy groups -OCH3 is 1. The summed E-state index contributed by atoms with van der Waals surface area (Å²) in [5.74, 6) is -0.309. The summed E-state index contributed by atoms with van der Waals surface area (Å²) in [6.07, 6.45) is 0.177. The molecule has 1 rings (SSSR count). The standard InChI is InChI=1S/C10H12ClNO2/c1-6-3-7(4-10(13)14-2)8(11)5-9(6)12/h3,5H,4,12H2,1-2H3. The number of aryl methyl sites for hydroxylation is 1. The van der Waals surface area contributed by atoms with Crippen molar-refractivity contribution in [3.63, 3.8) is 0 Å². The van der Waals surface area contributed by atoms with Crippen LogP contribution in [-0.2, 0) is 16.0 Å². The van der Waals surface area contributed by atoms with Crippen molar-refractivity contribution < 1.29 is 9.53 Å². The lowest BCUT2D eigenvalue weighted by Gasteiger charge is -2.06. The third-order valence-corrected chi connectivity index (χ3v) is 2.35. The third-order valence-electron chi connectivity index (χ3n) is 2.00. The molecule has 2 N–H and O–H groups in total. The molecule has 0 saturated carbocycles. The van der Waals surface area contributed by atoms with E-state index in [-0.39, 0.29) is 12.4 Å². The van der Waals surface area contributed by atoms with Crippen LogP contribution in [-0.4, -0.2) is 13.1 Å². The van der Waals surface area contributed by atoms with Crippen molar-refractivity contribution in [2.24, 2.45) is 0 Å². The molecule has 1 aromatic rings. The van der Waals surface area contributed by atoms with E-state index < -0.39 is 0 Å². The number of nitrogens with two attached hydrogens (primary N) is 1. The Hall–Kier alpha value is -1.22. The van der Waals surface area contributed by atoms with Gasteiger partial charge >= 0.3 is 5.97 Å². The second kappa shape index (κ2) is 4.33. The molecule has 0 aromatic heterocycles. The molecule has 76 valence electrons. The molecule has 0 aliphatic heterocycles. The molecule has 0 heterocycles. The minimum atomic E-state index is -0.309. The maximum Gasteiger partial charge on any atom is 0.310 e. The van der Waals surface area contributed by atoms with Crippen LogP contribution in [0.5, 0.6) is 0 Å². The molecule has 0 unspecified atom stereocenters. The topological polar surface area (TPSA) is 52.3 Å². The van der Waals surface area contributed by atoms with E-state index in [4.69, 9.17) is 17.3 Å². The lowest BCUT2D eigenvalue weighted by atomic mass is 10.1. The number of halogens is 1. The molecule has 0 spiro atoms. The van der Waals surface area contributed by atoms with E-state index in [0.29, 0.717) is 10.7 Å². The summed E-state index contributed by atoms with van der Waals surface area (Å²) < 4.78 is 4.55. The Morgan fingerprint density at radius 1 is 1.57 bits per heavy atom. The number of anilines is 1. The van der Waals surface area contributed by atoms with E-state index in [2.05, 4.69) is 4.74 Å². The summed E-state index contributed by atoms with van der Waals surface area (Å²) in [5, 5.41) is 0.499. The summed E-state index contributed by atoms with van der Waals surface area (Å²) in [5.41, 5.74) is 7.93. The number of nitrogen functional groups attached to an aromatic ring is 1. The first-order valence-electron chi connectivity index (χ1n) is 4.16. The van der Waals surface area contributed by atoms with Gasteiger partial charge in [-0.25, -0.2) is 0 Å². The van der Waals surface area contributed by atoms with E-state index in [0.717, 1.165) is 11.1 Å². The SMILES string of the molecule is COC(=O)Cc1cc(C)c(N)cc1Cl. The second-order valence-electron chi connectivity index (χ2n) is 3.05. The minimum Gasteiger partial charge on any atom is -0.469 e. The Bertz CT molecular complexity index is 363. The fourth-order valence-electron chi connectivity index (χ4n) is 1.12. The number of carbonyl (C=O) groups is 1. The van der Waals surface area contributed by atoms with E-state index in [1.165, 1.54) is 7.11 Å². The molecular weight excluding hydrogens is 202 g/mol. The van der Waals surface area contributed by atoms with Gasteiger partial charge in [-0.15, -0.1) is 0 Å². The summed E-state index contributed by atoms with van der Waals surface area (Å²) in [6.45, 7) is 1.87. The van der Waals surface area contributed by atoms with Gasteiger partial charge in [0.15, 0.2) is 0 Å². The number of hydrogen-bond acceptors (Lipinski definition) is 3. The summed E-state index contributed by atoms with van der Waals surface area (Å²) in [6, 6.07) is 3.45.